The number of rotatable bonds is 8. The second kappa shape index (κ2) is 8.94. The Kier molecular flexibility index (Phi) is 8.44. The lowest BCUT2D eigenvalue weighted by molar-refractivity contribution is -0.154. The molecule has 7 nitrogen and oxygen atoms in total. The molecule has 0 aromatic heterocycles. The van der Waals surface area contributed by atoms with Crippen molar-refractivity contribution in [3.05, 3.63) is 0 Å². The number of likely N-dealkylation sites (N-methyl/N-ethyl adjacent to an activating group) is 2. The molecule has 116 valence electrons. The zero-order chi connectivity index (χ0) is 15.9. The minimum absolute atomic E-state index is 0.344. The molecule has 0 saturated carbocycles. The SMILES string of the molecule is CCCCB(O)OC(C(=O)N(C)C)C(O)C(=O)N(C)C. The molecular weight excluding hydrogens is 263 g/mol. The Bertz CT molecular complexity index is 325. The lowest BCUT2D eigenvalue weighted by Crippen LogP contribution is -2.52. The van der Waals surface area contributed by atoms with E-state index in [-0.39, 0.29) is 0 Å². The van der Waals surface area contributed by atoms with E-state index in [2.05, 4.69) is 0 Å². The summed E-state index contributed by atoms with van der Waals surface area (Å²) in [6, 6.07) is 0. The molecule has 0 fully saturated rings. The fourth-order valence-corrected chi connectivity index (χ4v) is 1.53. The zero-order valence-electron chi connectivity index (χ0n) is 12.9. The van der Waals surface area contributed by atoms with Crippen LogP contribution in [0, 0.1) is 0 Å². The van der Waals surface area contributed by atoms with Gasteiger partial charge in [0.2, 0.25) is 0 Å². The van der Waals surface area contributed by atoms with Crippen LogP contribution in [-0.2, 0) is 14.2 Å². The van der Waals surface area contributed by atoms with Gasteiger partial charge in [0.15, 0.2) is 12.2 Å². The molecule has 0 aliphatic heterocycles. The third-order valence-corrected chi connectivity index (χ3v) is 2.77. The Hall–Kier alpha value is -1.12. The summed E-state index contributed by atoms with van der Waals surface area (Å²) in [5.41, 5.74) is 0. The van der Waals surface area contributed by atoms with Crippen LogP contribution in [0.5, 0.6) is 0 Å². The van der Waals surface area contributed by atoms with Crippen molar-refractivity contribution in [1.29, 1.82) is 0 Å². The highest BCUT2D eigenvalue weighted by Gasteiger charge is 2.37. The molecule has 0 heterocycles. The highest BCUT2D eigenvalue weighted by Crippen LogP contribution is 2.10. The monoisotopic (exact) mass is 288 g/mol. The lowest BCUT2D eigenvalue weighted by Gasteiger charge is -2.27. The Morgan fingerprint density at radius 3 is 2.05 bits per heavy atom. The quantitative estimate of drug-likeness (QED) is 0.570. The summed E-state index contributed by atoms with van der Waals surface area (Å²) in [4.78, 5) is 26.1. The molecule has 8 heteroatoms. The van der Waals surface area contributed by atoms with E-state index >= 15 is 0 Å². The predicted octanol–water partition coefficient (Wildman–Crippen LogP) is -0.810. The lowest BCUT2D eigenvalue weighted by atomic mass is 9.82. The molecule has 0 spiro atoms. The number of carbonyl (C=O) groups is 2. The van der Waals surface area contributed by atoms with Gasteiger partial charge in [0.1, 0.15) is 0 Å². The smallest absolute Gasteiger partial charge is 0.427 e. The van der Waals surface area contributed by atoms with Gasteiger partial charge in [0.05, 0.1) is 0 Å². The first kappa shape index (κ1) is 18.9. The van der Waals surface area contributed by atoms with Crippen LogP contribution in [-0.4, -0.2) is 79.3 Å². The van der Waals surface area contributed by atoms with Gasteiger partial charge in [-0.1, -0.05) is 19.8 Å². The maximum Gasteiger partial charge on any atom is 0.454 e. The first-order chi connectivity index (χ1) is 9.22. The van der Waals surface area contributed by atoms with Crippen molar-refractivity contribution in [2.24, 2.45) is 0 Å². The van der Waals surface area contributed by atoms with Gasteiger partial charge in [-0.3, -0.25) is 9.59 Å². The van der Waals surface area contributed by atoms with Gasteiger partial charge in [-0.25, -0.2) is 0 Å². The largest absolute Gasteiger partial charge is 0.454 e. The molecule has 0 aliphatic rings. The third-order valence-electron chi connectivity index (χ3n) is 2.77. The van der Waals surface area contributed by atoms with Gasteiger partial charge in [-0.15, -0.1) is 0 Å². The van der Waals surface area contributed by atoms with Crippen LogP contribution >= 0.6 is 0 Å². The molecule has 20 heavy (non-hydrogen) atoms. The van der Waals surface area contributed by atoms with Crippen molar-refractivity contribution in [2.45, 2.75) is 38.3 Å². The minimum atomic E-state index is -1.64. The maximum atomic E-state index is 12.0. The van der Waals surface area contributed by atoms with Crippen molar-refractivity contribution in [1.82, 2.24) is 9.80 Å². The average Bonchev–Trinajstić information content (AvgIpc) is 2.39. The summed E-state index contributed by atoms with van der Waals surface area (Å²) >= 11 is 0. The Morgan fingerprint density at radius 1 is 1.15 bits per heavy atom. The van der Waals surface area contributed by atoms with Gasteiger partial charge in [0, 0.05) is 28.2 Å². The molecule has 0 saturated heterocycles. The van der Waals surface area contributed by atoms with Gasteiger partial charge >= 0.3 is 7.12 Å². The number of aliphatic hydroxyl groups is 1. The molecule has 0 rings (SSSR count). The molecule has 0 aromatic rings. The summed E-state index contributed by atoms with van der Waals surface area (Å²) in [6.45, 7) is 1.96. The number of amides is 2. The van der Waals surface area contributed by atoms with Crippen LogP contribution in [0.3, 0.4) is 0 Å². The highest BCUT2D eigenvalue weighted by atomic mass is 16.5. The molecule has 0 bridgehead atoms. The van der Waals surface area contributed by atoms with E-state index in [1.807, 2.05) is 6.92 Å². The van der Waals surface area contributed by atoms with Gasteiger partial charge < -0.3 is 24.6 Å². The zero-order valence-corrected chi connectivity index (χ0v) is 12.9. The van der Waals surface area contributed by atoms with E-state index in [0.29, 0.717) is 6.32 Å². The number of hydrogen-bond donors (Lipinski definition) is 2. The first-order valence-corrected chi connectivity index (χ1v) is 6.66. The third kappa shape index (κ3) is 5.89. The summed E-state index contributed by atoms with van der Waals surface area (Å²) in [7, 11) is 4.73. The van der Waals surface area contributed by atoms with Crippen molar-refractivity contribution < 1.29 is 24.4 Å². The van der Waals surface area contributed by atoms with Gasteiger partial charge in [-0.05, 0) is 6.32 Å². The van der Waals surface area contributed by atoms with E-state index < -0.39 is 31.1 Å². The van der Waals surface area contributed by atoms with Crippen molar-refractivity contribution in [3.8, 4) is 0 Å². The number of aliphatic hydroxyl groups excluding tert-OH is 1. The molecule has 0 aromatic carbocycles. The number of nitrogens with zero attached hydrogens (tertiary/aromatic N) is 2. The average molecular weight is 288 g/mol. The first-order valence-electron chi connectivity index (χ1n) is 6.66. The van der Waals surface area contributed by atoms with E-state index in [1.165, 1.54) is 38.0 Å². The normalized spacial score (nSPS) is 13.6. The number of carbonyl (C=O) groups excluding carboxylic acids is 2. The van der Waals surface area contributed by atoms with Gasteiger partial charge in [-0.2, -0.15) is 0 Å². The molecule has 2 atom stereocenters. The van der Waals surface area contributed by atoms with Gasteiger partial charge in [0.25, 0.3) is 11.8 Å². The predicted molar refractivity (Wildman–Crippen MR) is 76.0 cm³/mol. The standard InChI is InChI=1S/C12H25BN2O5/c1-6-7-8-13(19)20-10(12(18)15(4)5)9(16)11(17)14(2)3/h9-10,16,19H,6-8H2,1-5H3. The van der Waals surface area contributed by atoms with Crippen molar-refractivity contribution in [3.63, 3.8) is 0 Å². The second-order valence-electron chi connectivity index (χ2n) is 5.06. The fourth-order valence-electron chi connectivity index (χ4n) is 1.53. The van der Waals surface area contributed by atoms with E-state index in [9.17, 15) is 19.7 Å². The summed E-state index contributed by atoms with van der Waals surface area (Å²) < 4.78 is 5.18. The summed E-state index contributed by atoms with van der Waals surface area (Å²) in [5.74, 6) is -1.21. The molecule has 0 aliphatic carbocycles. The minimum Gasteiger partial charge on any atom is -0.427 e. The number of hydrogen-bond acceptors (Lipinski definition) is 5. The maximum absolute atomic E-state index is 12.0. The highest BCUT2D eigenvalue weighted by molar-refractivity contribution is 6.43. The van der Waals surface area contributed by atoms with E-state index in [0.717, 1.165) is 12.8 Å². The van der Waals surface area contributed by atoms with Crippen LogP contribution in [0.15, 0.2) is 0 Å². The molecule has 2 N–H and O–H groups in total. The molecule has 0 radical (unpaired) electrons. The van der Waals surface area contributed by atoms with Crippen LogP contribution in [0.4, 0.5) is 0 Å². The van der Waals surface area contributed by atoms with E-state index in [1.54, 1.807) is 0 Å². The number of unbranched alkanes of at least 4 members (excludes halogenated alkanes) is 1. The van der Waals surface area contributed by atoms with Crippen LogP contribution in [0.1, 0.15) is 19.8 Å². The topological polar surface area (TPSA) is 90.3 Å². The van der Waals surface area contributed by atoms with Crippen molar-refractivity contribution >= 4 is 18.9 Å². The van der Waals surface area contributed by atoms with Crippen molar-refractivity contribution in [2.75, 3.05) is 28.2 Å². The summed E-state index contributed by atoms with van der Waals surface area (Å²) in [5, 5.41) is 19.7. The van der Waals surface area contributed by atoms with Crippen LogP contribution < -0.4 is 0 Å². The Morgan fingerprint density at radius 2 is 1.65 bits per heavy atom. The molecular formula is C12H25BN2O5. The Balaban J connectivity index is 4.90. The van der Waals surface area contributed by atoms with E-state index in [4.69, 9.17) is 4.65 Å². The second-order valence-corrected chi connectivity index (χ2v) is 5.06. The summed E-state index contributed by atoms with van der Waals surface area (Å²) in [6.07, 6.45) is -1.12. The van der Waals surface area contributed by atoms with Crippen LogP contribution in [0.2, 0.25) is 6.32 Å². The Labute approximate surface area is 120 Å². The molecule has 2 amide bonds. The van der Waals surface area contributed by atoms with Crippen LogP contribution in [0.25, 0.3) is 0 Å². The molecule has 2 unspecified atom stereocenters. The fraction of sp³-hybridized carbons (Fsp3) is 0.833.